The molecule has 0 spiro atoms. The third-order valence-corrected chi connectivity index (χ3v) is 1.74. The molecule has 0 bridgehead atoms. The smallest absolute Gasteiger partial charge is 0.227 e. The quantitative estimate of drug-likeness (QED) is 0.773. The molecule has 0 aliphatic carbocycles. The summed E-state index contributed by atoms with van der Waals surface area (Å²) in [5, 5.41) is 5.04. The van der Waals surface area contributed by atoms with Crippen molar-refractivity contribution in [2.45, 2.75) is 6.42 Å². The minimum absolute atomic E-state index is 0. The number of rotatable bonds is 3. The molecule has 3 N–H and O–H groups in total. The molecule has 0 atom stereocenters. The molecule has 1 rings (SSSR count). The summed E-state index contributed by atoms with van der Waals surface area (Å²) in [6, 6.07) is 0. The number of halogens is 1. The van der Waals surface area contributed by atoms with Crippen LogP contribution in [0.3, 0.4) is 0 Å². The number of anilines is 1. The summed E-state index contributed by atoms with van der Waals surface area (Å²) in [5.74, 6) is -0.0811. The largest absolute Gasteiger partial charge is 0.330 e. The average molecular weight is 208 g/mol. The van der Waals surface area contributed by atoms with Crippen molar-refractivity contribution in [2.75, 3.05) is 11.9 Å². The molecular weight excluding hydrogens is 198 g/mol. The summed E-state index contributed by atoms with van der Waals surface area (Å²) in [4.78, 5) is 14.8. The lowest BCUT2D eigenvalue weighted by Gasteiger charge is -1.97. The fraction of sp³-hybridized carbons (Fsp3) is 0.333. The zero-order valence-electron chi connectivity index (χ0n) is 6.32. The van der Waals surface area contributed by atoms with E-state index in [4.69, 9.17) is 5.73 Å². The van der Waals surface area contributed by atoms with E-state index in [0.717, 1.165) is 0 Å². The fourth-order valence-corrected chi connectivity index (χ4v) is 1.14. The molecule has 0 unspecified atom stereocenters. The molecule has 4 nitrogen and oxygen atoms in total. The van der Waals surface area contributed by atoms with E-state index in [9.17, 15) is 4.79 Å². The predicted octanol–water partition coefficient (Wildman–Crippen LogP) is 0.852. The second-order valence-corrected chi connectivity index (χ2v) is 2.82. The Labute approximate surface area is 80.6 Å². The first-order valence-corrected chi connectivity index (χ1v) is 4.10. The minimum Gasteiger partial charge on any atom is -0.330 e. The maximum atomic E-state index is 10.9. The van der Waals surface area contributed by atoms with Crippen LogP contribution in [0.1, 0.15) is 6.42 Å². The number of aromatic nitrogens is 1. The number of hydrogen-bond donors (Lipinski definition) is 2. The zero-order chi connectivity index (χ0) is 8.10. The van der Waals surface area contributed by atoms with Crippen LogP contribution in [0, 0.1) is 0 Å². The molecule has 0 saturated carbocycles. The fourth-order valence-electron chi connectivity index (χ4n) is 0.598. The van der Waals surface area contributed by atoms with Gasteiger partial charge in [0.2, 0.25) is 5.91 Å². The number of carbonyl (C=O) groups excluding carboxylic acids is 1. The molecule has 1 heterocycles. The number of thiazole rings is 1. The first-order chi connectivity index (χ1) is 5.33. The van der Waals surface area contributed by atoms with Gasteiger partial charge in [-0.2, -0.15) is 0 Å². The van der Waals surface area contributed by atoms with Crippen molar-refractivity contribution in [3.63, 3.8) is 0 Å². The monoisotopic (exact) mass is 207 g/mol. The minimum atomic E-state index is -0.0811. The van der Waals surface area contributed by atoms with Crippen LogP contribution in [0.5, 0.6) is 0 Å². The van der Waals surface area contributed by atoms with E-state index < -0.39 is 0 Å². The SMILES string of the molecule is Cl.NCCC(=O)Nc1nccs1. The zero-order valence-corrected chi connectivity index (χ0v) is 7.95. The third kappa shape index (κ3) is 3.66. The van der Waals surface area contributed by atoms with E-state index in [2.05, 4.69) is 10.3 Å². The summed E-state index contributed by atoms with van der Waals surface area (Å²) in [7, 11) is 0. The van der Waals surface area contributed by atoms with Gasteiger partial charge in [0.25, 0.3) is 0 Å². The van der Waals surface area contributed by atoms with Crippen LogP contribution in [0.15, 0.2) is 11.6 Å². The summed E-state index contributed by atoms with van der Waals surface area (Å²) >= 11 is 1.39. The second kappa shape index (κ2) is 5.93. The normalized spacial score (nSPS) is 8.75. The lowest BCUT2D eigenvalue weighted by molar-refractivity contribution is -0.116. The Bertz CT molecular complexity index is 227. The van der Waals surface area contributed by atoms with Crippen LogP contribution in [-0.2, 0) is 4.79 Å². The second-order valence-electron chi connectivity index (χ2n) is 1.92. The number of hydrogen-bond acceptors (Lipinski definition) is 4. The molecular formula is C6H10ClN3OS. The Kier molecular flexibility index (Phi) is 5.61. The van der Waals surface area contributed by atoms with Crippen molar-refractivity contribution in [3.05, 3.63) is 11.6 Å². The van der Waals surface area contributed by atoms with Gasteiger partial charge in [-0.3, -0.25) is 4.79 Å². The molecule has 0 aliphatic heterocycles. The molecule has 0 aliphatic rings. The van der Waals surface area contributed by atoms with Gasteiger partial charge in [0.15, 0.2) is 5.13 Å². The predicted molar refractivity (Wildman–Crippen MR) is 51.7 cm³/mol. The highest BCUT2D eigenvalue weighted by Gasteiger charge is 2.00. The van der Waals surface area contributed by atoms with Gasteiger partial charge < -0.3 is 11.1 Å². The number of nitrogens with two attached hydrogens (primary N) is 1. The molecule has 6 heteroatoms. The maximum absolute atomic E-state index is 10.9. The Morgan fingerprint density at radius 2 is 2.50 bits per heavy atom. The van der Waals surface area contributed by atoms with Gasteiger partial charge in [0, 0.05) is 24.5 Å². The van der Waals surface area contributed by atoms with Crippen LogP contribution in [0.2, 0.25) is 0 Å². The van der Waals surface area contributed by atoms with Crippen molar-refractivity contribution in [1.29, 1.82) is 0 Å². The summed E-state index contributed by atoms with van der Waals surface area (Å²) in [5.41, 5.74) is 5.18. The van der Waals surface area contributed by atoms with Gasteiger partial charge in [-0.05, 0) is 0 Å². The molecule has 0 radical (unpaired) electrons. The number of carbonyl (C=O) groups is 1. The van der Waals surface area contributed by atoms with Crippen LogP contribution >= 0.6 is 23.7 Å². The van der Waals surface area contributed by atoms with Gasteiger partial charge >= 0.3 is 0 Å². The van der Waals surface area contributed by atoms with Gasteiger partial charge in [-0.15, -0.1) is 23.7 Å². The van der Waals surface area contributed by atoms with Crippen molar-refractivity contribution in [3.8, 4) is 0 Å². The molecule has 68 valence electrons. The van der Waals surface area contributed by atoms with Gasteiger partial charge in [-0.1, -0.05) is 0 Å². The Morgan fingerprint density at radius 3 is 3.00 bits per heavy atom. The first kappa shape index (κ1) is 11.4. The number of nitrogens with zero attached hydrogens (tertiary/aromatic N) is 1. The van der Waals surface area contributed by atoms with Crippen molar-refractivity contribution >= 4 is 34.8 Å². The highest BCUT2D eigenvalue weighted by molar-refractivity contribution is 7.13. The van der Waals surface area contributed by atoms with E-state index in [1.54, 1.807) is 11.6 Å². The Hall–Kier alpha value is -0.650. The van der Waals surface area contributed by atoms with Crippen molar-refractivity contribution < 1.29 is 4.79 Å². The van der Waals surface area contributed by atoms with Gasteiger partial charge in [0.05, 0.1) is 0 Å². The summed E-state index contributed by atoms with van der Waals surface area (Å²) in [6.45, 7) is 0.372. The lowest BCUT2D eigenvalue weighted by atomic mass is 10.4. The number of nitrogens with one attached hydrogen (secondary N) is 1. The van der Waals surface area contributed by atoms with E-state index in [0.29, 0.717) is 18.1 Å². The van der Waals surface area contributed by atoms with E-state index in [1.807, 2.05) is 0 Å². The van der Waals surface area contributed by atoms with Gasteiger partial charge in [-0.25, -0.2) is 4.98 Å². The highest BCUT2D eigenvalue weighted by Crippen LogP contribution is 2.09. The van der Waals surface area contributed by atoms with Crippen molar-refractivity contribution in [2.24, 2.45) is 5.73 Å². The topological polar surface area (TPSA) is 68.0 Å². The molecule has 1 aromatic heterocycles. The highest BCUT2D eigenvalue weighted by atomic mass is 35.5. The van der Waals surface area contributed by atoms with E-state index >= 15 is 0 Å². The van der Waals surface area contributed by atoms with E-state index in [-0.39, 0.29) is 18.3 Å². The molecule has 0 aromatic carbocycles. The maximum Gasteiger partial charge on any atom is 0.227 e. The van der Waals surface area contributed by atoms with Crippen LogP contribution in [0.25, 0.3) is 0 Å². The van der Waals surface area contributed by atoms with Crippen LogP contribution < -0.4 is 11.1 Å². The van der Waals surface area contributed by atoms with Crippen molar-refractivity contribution in [1.82, 2.24) is 4.98 Å². The van der Waals surface area contributed by atoms with Crippen LogP contribution in [-0.4, -0.2) is 17.4 Å². The Morgan fingerprint density at radius 1 is 1.75 bits per heavy atom. The third-order valence-electron chi connectivity index (χ3n) is 1.05. The van der Waals surface area contributed by atoms with E-state index in [1.165, 1.54) is 11.3 Å². The van der Waals surface area contributed by atoms with Crippen LogP contribution in [0.4, 0.5) is 5.13 Å². The van der Waals surface area contributed by atoms with Gasteiger partial charge in [0.1, 0.15) is 0 Å². The summed E-state index contributed by atoms with van der Waals surface area (Å²) < 4.78 is 0. The molecule has 1 aromatic rings. The molecule has 1 amide bonds. The average Bonchev–Trinajstić information content (AvgIpc) is 2.40. The molecule has 0 saturated heterocycles. The Balaban J connectivity index is 0.00000121. The molecule has 0 fully saturated rings. The lowest BCUT2D eigenvalue weighted by Crippen LogP contribution is -2.15. The number of amides is 1. The standard InChI is InChI=1S/C6H9N3OS.ClH/c7-2-1-5(10)9-6-8-3-4-11-6;/h3-4H,1-2,7H2,(H,8,9,10);1H. The first-order valence-electron chi connectivity index (χ1n) is 3.22. The molecule has 12 heavy (non-hydrogen) atoms. The summed E-state index contributed by atoms with van der Waals surface area (Å²) in [6.07, 6.45) is 1.99.